The second-order valence-corrected chi connectivity index (χ2v) is 5.80. The summed E-state index contributed by atoms with van der Waals surface area (Å²) in [4.78, 5) is 11.8. The minimum Gasteiger partial charge on any atom is -0.454 e. The third-order valence-corrected chi connectivity index (χ3v) is 3.97. The highest BCUT2D eigenvalue weighted by molar-refractivity contribution is 5.85. The van der Waals surface area contributed by atoms with Crippen molar-refractivity contribution in [3.05, 3.63) is 23.8 Å². The molecule has 0 aliphatic carbocycles. The number of hydrogen-bond acceptors (Lipinski definition) is 3. The van der Waals surface area contributed by atoms with Gasteiger partial charge in [0.15, 0.2) is 11.5 Å². The zero-order chi connectivity index (χ0) is 19.9. The number of fused-ring (bicyclic) bond motifs is 1. The van der Waals surface area contributed by atoms with E-state index < -0.39 is 30.0 Å². The fraction of sp³-hybridized carbons (Fsp3) is 0.533. The lowest BCUT2D eigenvalue weighted by molar-refractivity contribution is -0.346. The summed E-state index contributed by atoms with van der Waals surface area (Å²) in [5, 5.41) is 0. The molecule has 146 valence electrons. The minimum absolute atomic E-state index is 0.00846. The largest absolute Gasteiger partial charge is 0.460 e. The van der Waals surface area contributed by atoms with Gasteiger partial charge >= 0.3 is 18.0 Å². The lowest BCUT2D eigenvalue weighted by Crippen LogP contribution is -2.60. The van der Waals surface area contributed by atoms with E-state index >= 15 is 0 Å². The number of benzene rings is 1. The number of carbonyl (C=O) groups excluding carboxylic acids is 1. The molecule has 0 saturated carbocycles. The van der Waals surface area contributed by atoms with Gasteiger partial charge < -0.3 is 14.4 Å². The quantitative estimate of drug-likeness (QED) is 0.722. The zero-order valence-electron chi connectivity index (χ0n) is 13.5. The molecule has 0 fully saturated rings. The summed E-state index contributed by atoms with van der Waals surface area (Å²) in [5.41, 5.74) is 0.493. The van der Waals surface area contributed by atoms with Crippen molar-refractivity contribution in [1.29, 1.82) is 0 Å². The Kier molecular flexibility index (Phi) is 5.04. The fourth-order valence-electron chi connectivity index (χ4n) is 2.28. The van der Waals surface area contributed by atoms with E-state index in [0.29, 0.717) is 17.1 Å². The Morgan fingerprint density at radius 3 is 2.27 bits per heavy atom. The number of amides is 1. The standard InChI is InChI=1S/C15H14F7NO3/c1-8(5-9-3-4-10-11(6-9)26-7-25-10)23(2)12(24)13(16,17)14(18,19)15(20,21)22/h3-4,6,8H,5,7H2,1-2H3. The van der Waals surface area contributed by atoms with Gasteiger partial charge in [0.1, 0.15) is 0 Å². The Labute approximate surface area is 143 Å². The summed E-state index contributed by atoms with van der Waals surface area (Å²) in [7, 11) is 0.736. The molecule has 0 radical (unpaired) electrons. The molecule has 1 aliphatic heterocycles. The first-order chi connectivity index (χ1) is 11.8. The monoisotopic (exact) mass is 389 g/mol. The van der Waals surface area contributed by atoms with Crippen molar-refractivity contribution in [2.45, 2.75) is 37.4 Å². The van der Waals surface area contributed by atoms with Gasteiger partial charge in [-0.05, 0) is 31.0 Å². The van der Waals surface area contributed by atoms with Crippen molar-refractivity contribution in [2.75, 3.05) is 13.8 Å². The van der Waals surface area contributed by atoms with Gasteiger partial charge in [-0.25, -0.2) is 0 Å². The zero-order valence-corrected chi connectivity index (χ0v) is 13.5. The Hall–Kier alpha value is -2.20. The predicted molar refractivity (Wildman–Crippen MR) is 74.5 cm³/mol. The number of rotatable bonds is 5. The molecule has 0 bridgehead atoms. The van der Waals surface area contributed by atoms with Gasteiger partial charge in [0.2, 0.25) is 6.79 Å². The summed E-state index contributed by atoms with van der Waals surface area (Å²) in [6.07, 6.45) is -6.64. The van der Waals surface area contributed by atoms with Crippen molar-refractivity contribution in [2.24, 2.45) is 0 Å². The molecule has 0 N–H and O–H groups in total. The normalized spacial score (nSPS) is 15.7. The van der Waals surface area contributed by atoms with E-state index in [1.807, 2.05) is 0 Å². The van der Waals surface area contributed by atoms with Gasteiger partial charge in [0, 0.05) is 13.1 Å². The summed E-state index contributed by atoms with van der Waals surface area (Å²) in [5.74, 6) is -14.2. The Bertz CT molecular complexity index is 690. The molecule has 1 heterocycles. The molecule has 1 unspecified atom stereocenters. The Balaban J connectivity index is 2.14. The summed E-state index contributed by atoms with van der Waals surface area (Å²) < 4.78 is 99.9. The Morgan fingerprint density at radius 2 is 1.69 bits per heavy atom. The average Bonchev–Trinajstić information content (AvgIpc) is 2.99. The molecular weight excluding hydrogens is 375 g/mol. The summed E-state index contributed by atoms with van der Waals surface area (Å²) in [6, 6.07) is 3.47. The SMILES string of the molecule is CC(Cc1ccc2c(c1)OCO2)N(C)C(=O)C(F)(F)C(F)(F)C(F)(F)F. The lowest BCUT2D eigenvalue weighted by atomic mass is 10.0. The van der Waals surface area contributed by atoms with E-state index in [0.717, 1.165) is 7.05 Å². The molecule has 11 heteroatoms. The molecule has 2 rings (SSSR count). The van der Waals surface area contributed by atoms with Crippen LogP contribution in [0.25, 0.3) is 0 Å². The van der Waals surface area contributed by atoms with Gasteiger partial charge in [-0.1, -0.05) is 6.07 Å². The van der Waals surface area contributed by atoms with Crippen LogP contribution < -0.4 is 9.47 Å². The molecule has 0 spiro atoms. The van der Waals surface area contributed by atoms with Crippen LogP contribution in [0.4, 0.5) is 30.7 Å². The number of halogens is 7. The fourth-order valence-corrected chi connectivity index (χ4v) is 2.28. The van der Waals surface area contributed by atoms with E-state index in [4.69, 9.17) is 9.47 Å². The first kappa shape index (κ1) is 20.1. The second-order valence-electron chi connectivity index (χ2n) is 5.80. The van der Waals surface area contributed by atoms with Crippen LogP contribution >= 0.6 is 0 Å². The molecule has 1 aromatic rings. The van der Waals surface area contributed by atoms with Crippen molar-refractivity contribution in [3.8, 4) is 11.5 Å². The number of ether oxygens (including phenoxy) is 2. The number of likely N-dealkylation sites (N-methyl/N-ethyl adjacent to an activating group) is 1. The lowest BCUT2D eigenvalue weighted by Gasteiger charge is -2.33. The van der Waals surface area contributed by atoms with Crippen LogP contribution in [0.5, 0.6) is 11.5 Å². The summed E-state index contributed by atoms with van der Waals surface area (Å²) >= 11 is 0. The summed E-state index contributed by atoms with van der Waals surface area (Å²) in [6.45, 7) is 1.23. The molecule has 26 heavy (non-hydrogen) atoms. The maximum absolute atomic E-state index is 13.5. The highest BCUT2D eigenvalue weighted by atomic mass is 19.4. The molecule has 0 saturated heterocycles. The highest BCUT2D eigenvalue weighted by Gasteiger charge is 2.76. The van der Waals surface area contributed by atoms with E-state index in [9.17, 15) is 35.5 Å². The maximum atomic E-state index is 13.5. The maximum Gasteiger partial charge on any atom is 0.460 e. The molecular formula is C15H14F7NO3. The van der Waals surface area contributed by atoms with Crippen molar-refractivity contribution >= 4 is 5.91 Å². The van der Waals surface area contributed by atoms with E-state index in [2.05, 4.69) is 0 Å². The third kappa shape index (κ3) is 3.38. The number of nitrogens with zero attached hydrogens (tertiary/aromatic N) is 1. The van der Waals surface area contributed by atoms with Gasteiger partial charge in [0.05, 0.1) is 0 Å². The first-order valence-corrected chi connectivity index (χ1v) is 7.27. The van der Waals surface area contributed by atoms with Crippen molar-refractivity contribution in [1.82, 2.24) is 4.90 Å². The first-order valence-electron chi connectivity index (χ1n) is 7.27. The molecule has 0 aromatic heterocycles. The number of hydrogen-bond donors (Lipinski definition) is 0. The minimum atomic E-state index is -6.56. The molecule has 1 aliphatic rings. The van der Waals surface area contributed by atoms with Gasteiger partial charge in [-0.3, -0.25) is 4.79 Å². The van der Waals surface area contributed by atoms with Crippen LogP contribution in [-0.2, 0) is 11.2 Å². The topological polar surface area (TPSA) is 38.8 Å². The predicted octanol–water partition coefficient (Wildman–Crippen LogP) is 3.64. The van der Waals surface area contributed by atoms with Crippen molar-refractivity contribution in [3.63, 3.8) is 0 Å². The second kappa shape index (κ2) is 6.51. The Morgan fingerprint density at radius 1 is 1.12 bits per heavy atom. The van der Waals surface area contributed by atoms with Gasteiger partial charge in [-0.2, -0.15) is 30.7 Å². The average molecular weight is 389 g/mol. The molecule has 1 amide bonds. The van der Waals surface area contributed by atoms with Crippen LogP contribution in [0.3, 0.4) is 0 Å². The molecule has 1 aromatic carbocycles. The van der Waals surface area contributed by atoms with Crippen LogP contribution in [0.1, 0.15) is 12.5 Å². The van der Waals surface area contributed by atoms with Crippen LogP contribution in [-0.4, -0.2) is 48.7 Å². The third-order valence-electron chi connectivity index (χ3n) is 3.97. The number of carbonyl (C=O) groups is 1. The smallest absolute Gasteiger partial charge is 0.454 e. The van der Waals surface area contributed by atoms with E-state index in [-0.39, 0.29) is 18.1 Å². The molecule has 1 atom stereocenters. The highest BCUT2D eigenvalue weighted by Crippen LogP contribution is 2.47. The van der Waals surface area contributed by atoms with Crippen LogP contribution in [0.15, 0.2) is 18.2 Å². The van der Waals surface area contributed by atoms with Crippen LogP contribution in [0, 0.1) is 0 Å². The van der Waals surface area contributed by atoms with Crippen LogP contribution in [0.2, 0.25) is 0 Å². The van der Waals surface area contributed by atoms with Crippen molar-refractivity contribution < 1.29 is 45.0 Å². The van der Waals surface area contributed by atoms with Gasteiger partial charge in [0.25, 0.3) is 5.91 Å². The van der Waals surface area contributed by atoms with E-state index in [1.54, 1.807) is 0 Å². The molecule has 4 nitrogen and oxygen atoms in total. The van der Waals surface area contributed by atoms with Gasteiger partial charge in [-0.15, -0.1) is 0 Å². The van der Waals surface area contributed by atoms with E-state index in [1.165, 1.54) is 25.1 Å². The number of alkyl halides is 7.